The summed E-state index contributed by atoms with van der Waals surface area (Å²) < 4.78 is 26.8. The molecular formula is C13H16BrCl2NO3S. The second kappa shape index (κ2) is 7.15. The summed E-state index contributed by atoms with van der Waals surface area (Å²) in [6.07, 6.45) is 1.32. The summed E-state index contributed by atoms with van der Waals surface area (Å²) in [6.45, 7) is 0.898. The van der Waals surface area contributed by atoms with E-state index in [9.17, 15) is 8.42 Å². The molecule has 0 bridgehead atoms. The van der Waals surface area contributed by atoms with Crippen LogP contribution in [-0.2, 0) is 15.4 Å². The van der Waals surface area contributed by atoms with Gasteiger partial charge in [0.15, 0.2) is 0 Å². The Morgan fingerprint density at radius 3 is 2.43 bits per heavy atom. The van der Waals surface area contributed by atoms with Gasteiger partial charge in [0.25, 0.3) is 0 Å². The molecule has 0 radical (unpaired) electrons. The van der Waals surface area contributed by atoms with Crippen molar-refractivity contribution in [2.75, 3.05) is 19.7 Å². The van der Waals surface area contributed by atoms with Crippen LogP contribution in [0.2, 0.25) is 10.0 Å². The van der Waals surface area contributed by atoms with E-state index >= 15 is 0 Å². The predicted molar refractivity (Wildman–Crippen MR) is 87.7 cm³/mol. The van der Waals surface area contributed by atoms with E-state index in [1.54, 1.807) is 6.07 Å². The van der Waals surface area contributed by atoms with Crippen molar-refractivity contribution in [3.05, 3.63) is 27.7 Å². The Balaban J connectivity index is 2.33. The van der Waals surface area contributed by atoms with Gasteiger partial charge in [-0.15, -0.1) is 0 Å². The van der Waals surface area contributed by atoms with E-state index in [-0.39, 0.29) is 22.4 Å². The summed E-state index contributed by atoms with van der Waals surface area (Å²) in [5.41, 5.74) is 0.574. The minimum atomic E-state index is -3.63. The summed E-state index contributed by atoms with van der Waals surface area (Å²) in [5, 5.41) is 10.1. The number of rotatable bonds is 4. The van der Waals surface area contributed by atoms with E-state index in [1.165, 1.54) is 10.4 Å². The molecule has 1 saturated heterocycles. The van der Waals surface area contributed by atoms with Crippen LogP contribution in [0.1, 0.15) is 18.4 Å². The van der Waals surface area contributed by atoms with Gasteiger partial charge in [-0.25, -0.2) is 8.42 Å². The highest BCUT2D eigenvalue weighted by atomic mass is 79.9. The van der Waals surface area contributed by atoms with Crippen LogP contribution in [-0.4, -0.2) is 37.5 Å². The monoisotopic (exact) mass is 415 g/mol. The van der Waals surface area contributed by atoms with Crippen molar-refractivity contribution in [3.63, 3.8) is 0 Å². The molecule has 21 heavy (non-hydrogen) atoms. The lowest BCUT2D eigenvalue weighted by Crippen LogP contribution is -2.39. The Bertz CT molecular complexity index is 616. The second-order valence-electron chi connectivity index (χ2n) is 5.00. The normalized spacial score (nSPS) is 18.1. The van der Waals surface area contributed by atoms with Gasteiger partial charge in [0, 0.05) is 35.6 Å². The minimum absolute atomic E-state index is 0.0884. The maximum atomic E-state index is 12.7. The van der Waals surface area contributed by atoms with E-state index < -0.39 is 10.0 Å². The minimum Gasteiger partial charge on any atom is -0.396 e. The molecule has 1 heterocycles. The fourth-order valence-electron chi connectivity index (χ4n) is 2.37. The molecule has 0 aromatic heterocycles. The van der Waals surface area contributed by atoms with E-state index in [4.69, 9.17) is 28.3 Å². The lowest BCUT2D eigenvalue weighted by Gasteiger charge is -2.30. The topological polar surface area (TPSA) is 57.6 Å². The van der Waals surface area contributed by atoms with Crippen LogP contribution in [0.3, 0.4) is 0 Å². The van der Waals surface area contributed by atoms with E-state index in [0.717, 1.165) is 0 Å². The number of piperidine rings is 1. The molecule has 0 spiro atoms. The summed E-state index contributed by atoms with van der Waals surface area (Å²) in [5.74, 6) is 0.176. The smallest absolute Gasteiger partial charge is 0.244 e. The van der Waals surface area contributed by atoms with Crippen molar-refractivity contribution in [3.8, 4) is 0 Å². The van der Waals surface area contributed by atoms with Crippen molar-refractivity contribution in [2.45, 2.75) is 23.1 Å². The molecular weight excluding hydrogens is 401 g/mol. The van der Waals surface area contributed by atoms with Crippen molar-refractivity contribution >= 4 is 49.2 Å². The quantitative estimate of drug-likeness (QED) is 0.766. The molecule has 0 unspecified atom stereocenters. The molecule has 1 aromatic rings. The number of hydrogen-bond acceptors (Lipinski definition) is 3. The van der Waals surface area contributed by atoms with Gasteiger partial charge in [-0.3, -0.25) is 0 Å². The Morgan fingerprint density at radius 2 is 1.90 bits per heavy atom. The van der Waals surface area contributed by atoms with Crippen molar-refractivity contribution < 1.29 is 13.5 Å². The van der Waals surface area contributed by atoms with Crippen LogP contribution in [0.15, 0.2) is 17.0 Å². The third kappa shape index (κ3) is 3.57. The number of alkyl halides is 1. The molecule has 1 aliphatic heterocycles. The first-order valence-corrected chi connectivity index (χ1v) is 9.87. The standard InChI is InChI=1S/C13H16BrCl2NO3S/c14-7-10-11(15)1-2-12(13(10)16)21(19,20)17-5-3-9(8-18)4-6-17/h1-2,9,18H,3-8H2. The molecule has 2 rings (SSSR count). The largest absolute Gasteiger partial charge is 0.396 e. The van der Waals surface area contributed by atoms with Crippen LogP contribution >= 0.6 is 39.1 Å². The first kappa shape index (κ1) is 17.5. The lowest BCUT2D eigenvalue weighted by atomic mass is 10.00. The third-order valence-corrected chi connectivity index (χ3v) is 7.13. The number of nitrogens with zero attached hydrogens (tertiary/aromatic N) is 1. The van der Waals surface area contributed by atoms with Crippen LogP contribution < -0.4 is 0 Å². The predicted octanol–water partition coefficient (Wildman–Crippen LogP) is 3.28. The van der Waals surface area contributed by atoms with Crippen molar-refractivity contribution in [2.24, 2.45) is 5.92 Å². The number of hydrogen-bond donors (Lipinski definition) is 1. The Morgan fingerprint density at radius 1 is 1.29 bits per heavy atom. The van der Waals surface area contributed by atoms with Gasteiger partial charge >= 0.3 is 0 Å². The molecule has 0 atom stereocenters. The maximum Gasteiger partial charge on any atom is 0.244 e. The van der Waals surface area contributed by atoms with Gasteiger partial charge in [-0.05, 0) is 30.9 Å². The van der Waals surface area contributed by atoms with Gasteiger partial charge < -0.3 is 5.11 Å². The molecule has 0 aliphatic carbocycles. The number of sulfonamides is 1. The molecule has 1 fully saturated rings. The van der Waals surface area contributed by atoms with Gasteiger partial charge in [-0.2, -0.15) is 4.31 Å². The molecule has 0 amide bonds. The number of halogens is 3. The number of benzene rings is 1. The van der Waals surface area contributed by atoms with Gasteiger partial charge in [-0.1, -0.05) is 39.1 Å². The van der Waals surface area contributed by atoms with Gasteiger partial charge in [0.2, 0.25) is 10.0 Å². The highest BCUT2D eigenvalue weighted by Crippen LogP contribution is 2.35. The molecule has 8 heteroatoms. The fraction of sp³-hybridized carbons (Fsp3) is 0.538. The maximum absolute atomic E-state index is 12.7. The van der Waals surface area contributed by atoms with Crippen molar-refractivity contribution in [1.82, 2.24) is 4.31 Å². The molecule has 4 nitrogen and oxygen atoms in total. The summed E-state index contributed by atoms with van der Waals surface area (Å²) in [6, 6.07) is 3.00. The van der Waals surface area contributed by atoms with E-state index in [2.05, 4.69) is 15.9 Å². The first-order chi connectivity index (χ1) is 9.91. The molecule has 1 N–H and O–H groups in total. The van der Waals surface area contributed by atoms with Gasteiger partial charge in [0.05, 0.1) is 5.02 Å². The Kier molecular flexibility index (Phi) is 5.96. The molecule has 1 aromatic carbocycles. The summed E-state index contributed by atoms with van der Waals surface area (Å²) >= 11 is 15.5. The SMILES string of the molecule is O=S(=O)(c1ccc(Cl)c(CBr)c1Cl)N1CCC(CO)CC1. The highest BCUT2D eigenvalue weighted by molar-refractivity contribution is 9.08. The zero-order valence-corrected chi connectivity index (χ0v) is 15.1. The average Bonchev–Trinajstić information content (AvgIpc) is 2.47. The average molecular weight is 417 g/mol. The number of aliphatic hydroxyl groups is 1. The Hall–Kier alpha value is 0.150. The highest BCUT2D eigenvalue weighted by Gasteiger charge is 2.31. The third-order valence-electron chi connectivity index (χ3n) is 3.73. The molecule has 1 aliphatic rings. The van der Waals surface area contributed by atoms with Crippen LogP contribution in [0.4, 0.5) is 0 Å². The summed E-state index contributed by atoms with van der Waals surface area (Å²) in [7, 11) is -3.63. The van der Waals surface area contributed by atoms with Crippen molar-refractivity contribution in [1.29, 1.82) is 0 Å². The van der Waals surface area contributed by atoms with Crippen LogP contribution in [0, 0.1) is 5.92 Å². The second-order valence-corrected chi connectivity index (χ2v) is 8.25. The zero-order chi connectivity index (χ0) is 15.6. The zero-order valence-electron chi connectivity index (χ0n) is 11.2. The van der Waals surface area contributed by atoms with Crippen LogP contribution in [0.25, 0.3) is 0 Å². The van der Waals surface area contributed by atoms with E-state index in [0.29, 0.717) is 41.8 Å². The number of aliphatic hydroxyl groups excluding tert-OH is 1. The Labute approximate surface area is 143 Å². The molecule has 0 saturated carbocycles. The molecule has 118 valence electrons. The first-order valence-electron chi connectivity index (χ1n) is 6.55. The lowest BCUT2D eigenvalue weighted by molar-refractivity contribution is 0.170. The van der Waals surface area contributed by atoms with Gasteiger partial charge in [0.1, 0.15) is 4.90 Å². The summed E-state index contributed by atoms with van der Waals surface area (Å²) in [4.78, 5) is 0.0884. The fourth-order valence-corrected chi connectivity index (χ4v) is 5.63. The van der Waals surface area contributed by atoms with E-state index in [1.807, 2.05) is 0 Å². The van der Waals surface area contributed by atoms with Crippen LogP contribution in [0.5, 0.6) is 0 Å².